The number of nitrogens with zero attached hydrogens (tertiary/aromatic N) is 4. The highest BCUT2D eigenvalue weighted by Gasteiger charge is 2.36. The zero-order valence-electron chi connectivity index (χ0n) is 13.4. The molecule has 0 saturated carbocycles. The minimum atomic E-state index is -3.55. The van der Waals surface area contributed by atoms with Gasteiger partial charge in [0.15, 0.2) is 0 Å². The van der Waals surface area contributed by atoms with Gasteiger partial charge in [0.2, 0.25) is 10.0 Å². The fourth-order valence-corrected chi connectivity index (χ4v) is 4.76. The summed E-state index contributed by atoms with van der Waals surface area (Å²) in [5.74, 6) is 0.658. The van der Waals surface area contributed by atoms with E-state index in [1.165, 1.54) is 4.31 Å². The van der Waals surface area contributed by atoms with Gasteiger partial charge in [-0.25, -0.2) is 8.42 Å². The second-order valence-corrected chi connectivity index (χ2v) is 7.58. The van der Waals surface area contributed by atoms with E-state index in [1.54, 1.807) is 44.0 Å². The lowest BCUT2D eigenvalue weighted by atomic mass is 10.3. The highest BCUT2D eigenvalue weighted by atomic mass is 32.2. The molecule has 0 amide bonds. The van der Waals surface area contributed by atoms with Crippen LogP contribution in [0.2, 0.25) is 0 Å². The van der Waals surface area contributed by atoms with Crippen molar-refractivity contribution in [3.63, 3.8) is 0 Å². The summed E-state index contributed by atoms with van der Waals surface area (Å²) >= 11 is 0. The summed E-state index contributed by atoms with van der Waals surface area (Å²) in [5, 5.41) is 4.21. The third kappa shape index (κ3) is 2.96. The largest absolute Gasteiger partial charge is 0.487 e. The first-order chi connectivity index (χ1) is 10.9. The van der Waals surface area contributed by atoms with Crippen molar-refractivity contribution in [3.8, 4) is 5.75 Å². The molecule has 23 heavy (non-hydrogen) atoms. The molecule has 0 aromatic carbocycles. The van der Waals surface area contributed by atoms with E-state index in [0.717, 1.165) is 0 Å². The maximum Gasteiger partial charge on any atom is 0.246 e. The fourth-order valence-electron chi connectivity index (χ4n) is 2.88. The summed E-state index contributed by atoms with van der Waals surface area (Å²) in [6.45, 7) is 4.28. The quantitative estimate of drug-likeness (QED) is 0.840. The Balaban J connectivity index is 1.78. The maximum atomic E-state index is 12.9. The third-order valence-corrected chi connectivity index (χ3v) is 6.20. The molecule has 0 aliphatic carbocycles. The van der Waals surface area contributed by atoms with Crippen molar-refractivity contribution < 1.29 is 13.2 Å². The van der Waals surface area contributed by atoms with Crippen molar-refractivity contribution in [2.75, 3.05) is 13.1 Å². The molecule has 3 rings (SSSR count). The van der Waals surface area contributed by atoms with Crippen LogP contribution in [0.3, 0.4) is 0 Å². The van der Waals surface area contributed by atoms with Crippen molar-refractivity contribution in [1.82, 2.24) is 19.1 Å². The number of ether oxygens (including phenoxy) is 1. The van der Waals surface area contributed by atoms with Gasteiger partial charge in [0.25, 0.3) is 0 Å². The van der Waals surface area contributed by atoms with Crippen LogP contribution in [0.15, 0.2) is 29.4 Å². The molecular formula is C15H20N4O3S. The van der Waals surface area contributed by atoms with Crippen molar-refractivity contribution >= 4 is 10.0 Å². The Morgan fingerprint density at radius 2 is 2.13 bits per heavy atom. The average Bonchev–Trinajstić information content (AvgIpc) is 3.06. The van der Waals surface area contributed by atoms with Crippen LogP contribution in [0.4, 0.5) is 0 Å². The molecule has 0 unspecified atom stereocenters. The van der Waals surface area contributed by atoms with Crippen LogP contribution in [0.5, 0.6) is 5.75 Å². The number of rotatable bonds is 4. The predicted molar refractivity (Wildman–Crippen MR) is 84.7 cm³/mol. The fraction of sp³-hybridized carbons (Fsp3) is 0.467. The second-order valence-electron chi connectivity index (χ2n) is 5.70. The lowest BCUT2D eigenvalue weighted by Crippen LogP contribution is -2.31. The van der Waals surface area contributed by atoms with Gasteiger partial charge in [-0.3, -0.25) is 9.67 Å². The van der Waals surface area contributed by atoms with Crippen LogP contribution in [0.1, 0.15) is 17.8 Å². The van der Waals surface area contributed by atoms with Crippen LogP contribution in [-0.4, -0.2) is 46.7 Å². The molecule has 2 aromatic heterocycles. The first-order valence-electron chi connectivity index (χ1n) is 7.46. The number of hydrogen-bond acceptors (Lipinski definition) is 5. The molecule has 3 heterocycles. The van der Waals surface area contributed by atoms with Crippen molar-refractivity contribution in [2.24, 2.45) is 7.05 Å². The molecule has 0 spiro atoms. The molecule has 1 saturated heterocycles. The van der Waals surface area contributed by atoms with E-state index in [4.69, 9.17) is 4.74 Å². The molecule has 1 aliphatic rings. The van der Waals surface area contributed by atoms with Crippen LogP contribution in [0, 0.1) is 13.8 Å². The molecule has 8 heteroatoms. The first-order valence-corrected chi connectivity index (χ1v) is 8.90. The molecule has 124 valence electrons. The van der Waals surface area contributed by atoms with Crippen LogP contribution >= 0.6 is 0 Å². The van der Waals surface area contributed by atoms with E-state index in [2.05, 4.69) is 10.1 Å². The van der Waals surface area contributed by atoms with Gasteiger partial charge in [-0.05, 0) is 32.4 Å². The molecule has 1 atom stereocenters. The van der Waals surface area contributed by atoms with Gasteiger partial charge >= 0.3 is 0 Å². The van der Waals surface area contributed by atoms with Crippen LogP contribution in [0.25, 0.3) is 0 Å². The van der Waals surface area contributed by atoms with E-state index < -0.39 is 10.0 Å². The number of pyridine rings is 1. The number of hydrogen-bond donors (Lipinski definition) is 0. The molecule has 1 aliphatic heterocycles. The minimum absolute atomic E-state index is 0.161. The van der Waals surface area contributed by atoms with Gasteiger partial charge in [0, 0.05) is 19.8 Å². The van der Waals surface area contributed by atoms with Crippen molar-refractivity contribution in [2.45, 2.75) is 31.3 Å². The smallest absolute Gasteiger partial charge is 0.246 e. The standard InChI is InChI=1S/C15H20N4O3S/c1-11-15(12(2)18(3)17-11)23(20,21)19-8-6-14(10-19)22-13-5-4-7-16-9-13/h4-5,7,9,14H,6,8,10H2,1-3H3/t14-/m0/s1. The number of aromatic nitrogens is 3. The Kier molecular flexibility index (Phi) is 4.11. The van der Waals surface area contributed by atoms with Gasteiger partial charge in [0.1, 0.15) is 16.7 Å². The van der Waals surface area contributed by atoms with Gasteiger partial charge in [0.05, 0.1) is 24.1 Å². The van der Waals surface area contributed by atoms with Gasteiger partial charge in [-0.1, -0.05) is 0 Å². The normalized spacial score (nSPS) is 19.2. The highest BCUT2D eigenvalue weighted by molar-refractivity contribution is 7.89. The van der Waals surface area contributed by atoms with E-state index in [0.29, 0.717) is 41.5 Å². The topological polar surface area (TPSA) is 77.3 Å². The van der Waals surface area contributed by atoms with Crippen molar-refractivity contribution in [3.05, 3.63) is 35.9 Å². The third-order valence-electron chi connectivity index (χ3n) is 4.09. The molecule has 1 fully saturated rings. The Morgan fingerprint density at radius 3 is 2.74 bits per heavy atom. The van der Waals surface area contributed by atoms with E-state index >= 15 is 0 Å². The minimum Gasteiger partial charge on any atom is -0.487 e. The van der Waals surface area contributed by atoms with E-state index in [9.17, 15) is 8.42 Å². The van der Waals surface area contributed by atoms with E-state index in [1.807, 2.05) is 6.07 Å². The summed E-state index contributed by atoms with van der Waals surface area (Å²) in [7, 11) is -1.80. The van der Waals surface area contributed by atoms with Gasteiger partial charge < -0.3 is 4.74 Å². The zero-order chi connectivity index (χ0) is 16.6. The van der Waals surface area contributed by atoms with Gasteiger partial charge in [-0.2, -0.15) is 9.40 Å². The SMILES string of the molecule is Cc1nn(C)c(C)c1S(=O)(=O)N1CC[C@H](Oc2cccnc2)C1. The Morgan fingerprint density at radius 1 is 1.35 bits per heavy atom. The number of sulfonamides is 1. The summed E-state index contributed by atoms with van der Waals surface area (Å²) in [6, 6.07) is 3.61. The second kappa shape index (κ2) is 5.93. The highest BCUT2D eigenvalue weighted by Crippen LogP contribution is 2.27. The predicted octanol–water partition coefficient (Wildman–Crippen LogP) is 1.27. The molecule has 0 bridgehead atoms. The van der Waals surface area contributed by atoms with Crippen LogP contribution < -0.4 is 4.74 Å². The Labute approximate surface area is 135 Å². The average molecular weight is 336 g/mol. The summed E-state index contributed by atoms with van der Waals surface area (Å²) in [4.78, 5) is 4.31. The molecule has 0 radical (unpaired) electrons. The molecule has 7 nitrogen and oxygen atoms in total. The Bertz CT molecular complexity index is 802. The lowest BCUT2D eigenvalue weighted by Gasteiger charge is -2.17. The first kappa shape index (κ1) is 15.9. The maximum absolute atomic E-state index is 12.9. The summed E-state index contributed by atoms with van der Waals surface area (Å²) in [5.41, 5.74) is 1.18. The zero-order valence-corrected chi connectivity index (χ0v) is 14.2. The molecular weight excluding hydrogens is 316 g/mol. The summed E-state index contributed by atoms with van der Waals surface area (Å²) in [6.07, 6.45) is 3.80. The molecule has 2 aromatic rings. The van der Waals surface area contributed by atoms with Gasteiger partial charge in [-0.15, -0.1) is 0 Å². The van der Waals surface area contributed by atoms with Crippen molar-refractivity contribution in [1.29, 1.82) is 0 Å². The van der Waals surface area contributed by atoms with Crippen LogP contribution in [-0.2, 0) is 17.1 Å². The van der Waals surface area contributed by atoms with E-state index in [-0.39, 0.29) is 6.10 Å². The Hall–Kier alpha value is -1.93. The number of aryl methyl sites for hydroxylation is 2. The molecule has 0 N–H and O–H groups in total. The monoisotopic (exact) mass is 336 g/mol. The summed E-state index contributed by atoms with van der Waals surface area (Å²) < 4.78 is 34.7. The lowest BCUT2D eigenvalue weighted by molar-refractivity contribution is 0.214.